The molecule has 2 aromatic carbocycles. The number of carbonyl (C=O) groups is 1. The first kappa shape index (κ1) is 21.0. The van der Waals surface area contributed by atoms with Crippen molar-refractivity contribution in [3.63, 3.8) is 0 Å². The zero-order valence-corrected chi connectivity index (χ0v) is 17.8. The molecule has 7 heteroatoms. The van der Waals surface area contributed by atoms with Gasteiger partial charge in [-0.2, -0.15) is 0 Å². The summed E-state index contributed by atoms with van der Waals surface area (Å²) in [5, 5.41) is 3.76. The molecule has 1 amide bonds. The number of aromatic nitrogens is 1. The van der Waals surface area contributed by atoms with Gasteiger partial charge < -0.3 is 15.8 Å². The van der Waals surface area contributed by atoms with Crippen molar-refractivity contribution in [3.8, 4) is 5.75 Å². The Labute approximate surface area is 179 Å². The monoisotopic (exact) mass is 429 g/mol. The van der Waals surface area contributed by atoms with Crippen LogP contribution in [-0.2, 0) is 5.60 Å². The number of nitrogen functional groups attached to an aromatic ring is 1. The molecule has 0 unspecified atom stereocenters. The summed E-state index contributed by atoms with van der Waals surface area (Å²) in [5.41, 5.74) is 7.88. The highest BCUT2D eigenvalue weighted by molar-refractivity contribution is 6.35. The van der Waals surface area contributed by atoms with Crippen LogP contribution in [0.4, 0.5) is 11.5 Å². The molecule has 5 nitrogen and oxygen atoms in total. The average molecular weight is 430 g/mol. The Hall–Kier alpha value is -2.76. The fourth-order valence-electron chi connectivity index (χ4n) is 2.84. The van der Waals surface area contributed by atoms with E-state index in [4.69, 9.17) is 33.7 Å². The zero-order chi connectivity index (χ0) is 21.2. The average Bonchev–Trinajstić information content (AvgIpc) is 2.67. The molecule has 0 fully saturated rings. The van der Waals surface area contributed by atoms with E-state index in [-0.39, 0.29) is 11.7 Å². The summed E-state index contributed by atoms with van der Waals surface area (Å²) < 4.78 is 6.07. The minimum atomic E-state index is -0.748. The summed E-state index contributed by atoms with van der Waals surface area (Å²) in [6.07, 6.45) is 1.46. The van der Waals surface area contributed by atoms with E-state index in [2.05, 4.69) is 10.3 Å². The second kappa shape index (κ2) is 8.31. The Kier molecular flexibility index (Phi) is 6.01. The third-order valence-electron chi connectivity index (χ3n) is 4.47. The summed E-state index contributed by atoms with van der Waals surface area (Å²) in [5.74, 6) is 0.363. The molecule has 0 atom stereocenters. The smallest absolute Gasteiger partial charge is 0.257 e. The lowest BCUT2D eigenvalue weighted by Crippen LogP contribution is -2.26. The highest BCUT2D eigenvalue weighted by Gasteiger charge is 2.25. The van der Waals surface area contributed by atoms with Gasteiger partial charge in [0, 0.05) is 18.0 Å². The van der Waals surface area contributed by atoms with Gasteiger partial charge in [0.25, 0.3) is 5.91 Å². The number of benzene rings is 2. The van der Waals surface area contributed by atoms with E-state index in [1.165, 1.54) is 6.20 Å². The van der Waals surface area contributed by atoms with Crippen LogP contribution >= 0.6 is 23.2 Å². The maximum absolute atomic E-state index is 12.7. The van der Waals surface area contributed by atoms with Gasteiger partial charge in [-0.25, -0.2) is 4.98 Å². The van der Waals surface area contributed by atoms with Crippen LogP contribution in [0.15, 0.2) is 54.7 Å². The van der Waals surface area contributed by atoms with Crippen LogP contribution < -0.4 is 15.8 Å². The van der Waals surface area contributed by atoms with Crippen LogP contribution in [0.25, 0.3) is 0 Å². The number of carbonyl (C=O) groups excluding carboxylic acids is 1. The van der Waals surface area contributed by atoms with Crippen molar-refractivity contribution in [1.82, 2.24) is 4.98 Å². The Morgan fingerprint density at radius 2 is 1.86 bits per heavy atom. The number of aryl methyl sites for hydroxylation is 1. The van der Waals surface area contributed by atoms with Crippen molar-refractivity contribution >= 4 is 40.6 Å². The van der Waals surface area contributed by atoms with Crippen molar-refractivity contribution in [2.24, 2.45) is 0 Å². The number of nitrogens with zero attached hydrogens (tertiary/aromatic N) is 1. The van der Waals surface area contributed by atoms with Crippen molar-refractivity contribution < 1.29 is 9.53 Å². The minimum absolute atomic E-state index is 0.251. The largest absolute Gasteiger partial charge is 0.479 e. The molecule has 3 N–H and O–H groups in total. The maximum Gasteiger partial charge on any atom is 0.257 e. The van der Waals surface area contributed by atoms with E-state index in [0.29, 0.717) is 27.0 Å². The quantitative estimate of drug-likeness (QED) is 0.533. The molecule has 0 saturated heterocycles. The normalized spacial score (nSPS) is 11.2. The van der Waals surface area contributed by atoms with E-state index in [0.717, 1.165) is 11.1 Å². The highest BCUT2D eigenvalue weighted by atomic mass is 35.5. The number of halogens is 2. The summed E-state index contributed by atoms with van der Waals surface area (Å²) in [6.45, 7) is 5.65. The van der Waals surface area contributed by atoms with Gasteiger partial charge in [-0.05, 0) is 50.1 Å². The predicted molar refractivity (Wildman–Crippen MR) is 118 cm³/mol. The lowest BCUT2D eigenvalue weighted by Gasteiger charge is -2.28. The third kappa shape index (κ3) is 4.81. The van der Waals surface area contributed by atoms with Gasteiger partial charge in [0.2, 0.25) is 0 Å². The van der Waals surface area contributed by atoms with E-state index in [1.54, 1.807) is 24.3 Å². The first-order chi connectivity index (χ1) is 13.7. The van der Waals surface area contributed by atoms with E-state index >= 15 is 0 Å². The summed E-state index contributed by atoms with van der Waals surface area (Å²) >= 11 is 12.3. The Morgan fingerprint density at radius 1 is 1.14 bits per heavy atom. The molecule has 0 bridgehead atoms. The molecule has 0 saturated carbocycles. The first-order valence-electron chi connectivity index (χ1n) is 8.94. The lowest BCUT2D eigenvalue weighted by atomic mass is 9.97. The fourth-order valence-corrected chi connectivity index (χ4v) is 3.20. The molecule has 0 spiro atoms. The maximum atomic E-state index is 12.7. The van der Waals surface area contributed by atoms with Crippen LogP contribution in [0.2, 0.25) is 10.0 Å². The summed E-state index contributed by atoms with van der Waals surface area (Å²) in [7, 11) is 0. The third-order valence-corrected chi connectivity index (χ3v) is 5.17. The van der Waals surface area contributed by atoms with Crippen LogP contribution in [0, 0.1) is 6.92 Å². The van der Waals surface area contributed by atoms with Gasteiger partial charge in [-0.3, -0.25) is 4.79 Å². The molecule has 29 heavy (non-hydrogen) atoms. The molecule has 3 rings (SSSR count). The molecular weight excluding hydrogens is 409 g/mol. The van der Waals surface area contributed by atoms with E-state index in [9.17, 15) is 4.79 Å². The molecule has 1 aromatic heterocycles. The second-order valence-electron chi connectivity index (χ2n) is 7.12. The predicted octanol–water partition coefficient (Wildman–Crippen LogP) is 5.85. The fraction of sp³-hybridized carbons (Fsp3) is 0.182. The molecule has 0 aliphatic carbocycles. The van der Waals surface area contributed by atoms with Gasteiger partial charge in [0.05, 0.1) is 15.6 Å². The molecule has 150 valence electrons. The van der Waals surface area contributed by atoms with E-state index in [1.807, 2.05) is 45.0 Å². The number of ether oxygens (including phenoxy) is 1. The molecule has 0 aliphatic rings. The van der Waals surface area contributed by atoms with Crippen molar-refractivity contribution in [2.75, 3.05) is 11.1 Å². The van der Waals surface area contributed by atoms with Crippen LogP contribution in [-0.4, -0.2) is 10.9 Å². The van der Waals surface area contributed by atoms with Gasteiger partial charge in [-0.1, -0.05) is 47.5 Å². The van der Waals surface area contributed by atoms with Gasteiger partial charge in [0.1, 0.15) is 5.60 Å². The lowest BCUT2D eigenvalue weighted by molar-refractivity contribution is 0.102. The minimum Gasteiger partial charge on any atom is -0.479 e. The molecular formula is C22H21Cl2N3O2. The van der Waals surface area contributed by atoms with E-state index < -0.39 is 5.60 Å². The number of anilines is 2. The number of nitrogens with one attached hydrogen (secondary N) is 1. The standard InChI is InChI=1S/C22H21Cl2N3O2/c1-13-6-4-9-17(19(13)24)21(28)27-16-8-5-7-14(10-16)22(2,3)29-18-11-15(23)12-26-20(18)25/h4-12H,1-3H3,(H2,25,26)(H,27,28). The zero-order valence-electron chi connectivity index (χ0n) is 16.3. The number of rotatable bonds is 5. The number of amides is 1. The second-order valence-corrected chi connectivity index (χ2v) is 7.94. The van der Waals surface area contributed by atoms with Crippen molar-refractivity contribution in [2.45, 2.75) is 26.4 Å². The molecule has 1 heterocycles. The van der Waals surface area contributed by atoms with Crippen molar-refractivity contribution in [1.29, 1.82) is 0 Å². The Balaban J connectivity index is 1.83. The van der Waals surface area contributed by atoms with Crippen molar-refractivity contribution in [3.05, 3.63) is 81.5 Å². The number of hydrogen-bond donors (Lipinski definition) is 2. The number of pyridine rings is 1. The highest BCUT2D eigenvalue weighted by Crippen LogP contribution is 2.33. The van der Waals surface area contributed by atoms with Gasteiger partial charge in [-0.15, -0.1) is 0 Å². The number of hydrogen-bond acceptors (Lipinski definition) is 4. The molecule has 0 radical (unpaired) electrons. The van der Waals surface area contributed by atoms with Crippen LogP contribution in [0.5, 0.6) is 5.75 Å². The SMILES string of the molecule is Cc1cccc(C(=O)Nc2cccc(C(C)(C)Oc3cc(Cl)cnc3N)c2)c1Cl. The van der Waals surface area contributed by atoms with Gasteiger partial charge >= 0.3 is 0 Å². The van der Waals surface area contributed by atoms with Crippen LogP contribution in [0.3, 0.4) is 0 Å². The first-order valence-corrected chi connectivity index (χ1v) is 9.70. The number of nitrogens with two attached hydrogens (primary N) is 1. The molecule has 3 aromatic rings. The Bertz CT molecular complexity index is 1070. The summed E-state index contributed by atoms with van der Waals surface area (Å²) in [4.78, 5) is 16.7. The topological polar surface area (TPSA) is 77.2 Å². The van der Waals surface area contributed by atoms with Gasteiger partial charge in [0.15, 0.2) is 11.6 Å². The Morgan fingerprint density at radius 3 is 2.62 bits per heavy atom. The summed E-state index contributed by atoms with van der Waals surface area (Å²) in [6, 6.07) is 14.4. The molecule has 0 aliphatic heterocycles. The van der Waals surface area contributed by atoms with Crippen LogP contribution in [0.1, 0.15) is 35.3 Å².